The molecule has 0 atom stereocenters. The lowest BCUT2D eigenvalue weighted by molar-refractivity contribution is 0.0946. The van der Waals surface area contributed by atoms with Crippen LogP contribution in [0.25, 0.3) is 0 Å². The second-order valence-corrected chi connectivity index (χ2v) is 7.61. The number of pyridine rings is 1. The Morgan fingerprint density at radius 3 is 2.74 bits per heavy atom. The molecule has 1 aromatic heterocycles. The predicted octanol–water partition coefficient (Wildman–Crippen LogP) is 4.49. The van der Waals surface area contributed by atoms with Gasteiger partial charge in [0.05, 0.1) is 17.2 Å². The molecule has 0 spiro atoms. The summed E-state index contributed by atoms with van der Waals surface area (Å²) >= 11 is 0. The van der Waals surface area contributed by atoms with Gasteiger partial charge < -0.3 is 10.6 Å². The molecule has 1 aromatic carbocycles. The number of nitrogens with one attached hydrogen (secondary N) is 2. The summed E-state index contributed by atoms with van der Waals surface area (Å²) in [6.07, 6.45) is 8.93. The Labute approximate surface area is 159 Å². The smallest absolute Gasteiger partial charge is 0.253 e. The maximum absolute atomic E-state index is 12.7. The molecule has 138 valence electrons. The van der Waals surface area contributed by atoms with Gasteiger partial charge >= 0.3 is 0 Å². The number of nitriles is 1. The number of hydrogen-bond donors (Lipinski definition) is 2. The zero-order chi connectivity index (χ0) is 18.6. The van der Waals surface area contributed by atoms with Crippen LogP contribution >= 0.6 is 0 Å². The molecule has 2 aliphatic carbocycles. The first-order chi connectivity index (χ1) is 13.2. The summed E-state index contributed by atoms with van der Waals surface area (Å²) in [7, 11) is 0. The van der Waals surface area contributed by atoms with Crippen LogP contribution in [-0.4, -0.2) is 17.4 Å². The van der Waals surface area contributed by atoms with E-state index in [4.69, 9.17) is 5.26 Å². The lowest BCUT2D eigenvalue weighted by Crippen LogP contribution is -2.29. The number of benzene rings is 1. The highest BCUT2D eigenvalue weighted by atomic mass is 16.1. The van der Waals surface area contributed by atoms with Crippen LogP contribution in [-0.2, 0) is 0 Å². The Balaban J connectivity index is 1.49. The Kier molecular flexibility index (Phi) is 5.06. The number of aromatic nitrogens is 1. The van der Waals surface area contributed by atoms with E-state index in [1.807, 2.05) is 18.2 Å². The lowest BCUT2D eigenvalue weighted by Gasteiger charge is -2.14. The number of nitrogens with zero attached hydrogens (tertiary/aromatic N) is 2. The van der Waals surface area contributed by atoms with Crippen molar-refractivity contribution < 1.29 is 4.79 Å². The SMILES string of the molecule is N#Cc1cccc(Nc2cc(C3CC3)c(C(=O)NCC3CCCC3)cn2)c1. The zero-order valence-corrected chi connectivity index (χ0v) is 15.4. The van der Waals surface area contributed by atoms with Crippen molar-refractivity contribution in [3.8, 4) is 6.07 Å². The number of rotatable bonds is 6. The first kappa shape index (κ1) is 17.5. The van der Waals surface area contributed by atoms with E-state index in [0.717, 1.165) is 30.6 Å². The molecule has 1 amide bonds. The summed E-state index contributed by atoms with van der Waals surface area (Å²) < 4.78 is 0. The van der Waals surface area contributed by atoms with Crippen LogP contribution < -0.4 is 10.6 Å². The van der Waals surface area contributed by atoms with Crippen LogP contribution in [0.1, 0.15) is 65.9 Å². The number of hydrogen-bond acceptors (Lipinski definition) is 4. The van der Waals surface area contributed by atoms with Crippen molar-refractivity contribution in [1.82, 2.24) is 10.3 Å². The van der Waals surface area contributed by atoms with Crippen LogP contribution in [0.5, 0.6) is 0 Å². The minimum atomic E-state index is -0.00525. The molecule has 4 rings (SSSR count). The van der Waals surface area contributed by atoms with E-state index in [1.165, 1.54) is 25.7 Å². The summed E-state index contributed by atoms with van der Waals surface area (Å²) in [4.78, 5) is 17.1. The van der Waals surface area contributed by atoms with Gasteiger partial charge in [0.2, 0.25) is 0 Å². The van der Waals surface area contributed by atoms with E-state index in [9.17, 15) is 4.79 Å². The van der Waals surface area contributed by atoms with Gasteiger partial charge in [-0.15, -0.1) is 0 Å². The summed E-state index contributed by atoms with van der Waals surface area (Å²) in [5, 5.41) is 15.4. The molecule has 5 heteroatoms. The van der Waals surface area contributed by atoms with Gasteiger partial charge in [-0.05, 0) is 67.3 Å². The van der Waals surface area contributed by atoms with Crippen LogP contribution in [0.15, 0.2) is 36.5 Å². The van der Waals surface area contributed by atoms with Crippen molar-refractivity contribution in [3.63, 3.8) is 0 Å². The third kappa shape index (κ3) is 4.28. The van der Waals surface area contributed by atoms with Gasteiger partial charge in [-0.25, -0.2) is 4.98 Å². The highest BCUT2D eigenvalue weighted by Crippen LogP contribution is 2.42. The standard InChI is InChI=1S/C22H24N4O/c23-12-16-6-3-7-18(10-16)26-21-11-19(17-8-9-17)20(14-24-21)22(27)25-13-15-4-1-2-5-15/h3,6-7,10-11,14-15,17H,1-2,4-5,8-9,13H2,(H,24,26)(H,25,27). The second-order valence-electron chi connectivity index (χ2n) is 7.61. The molecular weight excluding hydrogens is 336 g/mol. The minimum Gasteiger partial charge on any atom is -0.352 e. The molecule has 1 heterocycles. The molecule has 0 bridgehead atoms. The molecule has 27 heavy (non-hydrogen) atoms. The molecule has 2 N–H and O–H groups in total. The van der Waals surface area contributed by atoms with Gasteiger partial charge in [-0.3, -0.25) is 4.79 Å². The molecule has 0 unspecified atom stereocenters. The molecule has 2 saturated carbocycles. The van der Waals surface area contributed by atoms with Crippen LogP contribution in [0.2, 0.25) is 0 Å². The van der Waals surface area contributed by atoms with E-state index < -0.39 is 0 Å². The lowest BCUT2D eigenvalue weighted by atomic mass is 10.0. The number of carbonyl (C=O) groups is 1. The number of carbonyl (C=O) groups excluding carboxylic acids is 1. The van der Waals surface area contributed by atoms with E-state index >= 15 is 0 Å². The van der Waals surface area contributed by atoms with Crippen LogP contribution in [0.3, 0.4) is 0 Å². The van der Waals surface area contributed by atoms with Crippen molar-refractivity contribution in [2.24, 2.45) is 5.92 Å². The Hall–Kier alpha value is -2.87. The van der Waals surface area contributed by atoms with Gasteiger partial charge in [-0.2, -0.15) is 5.26 Å². The fourth-order valence-corrected chi connectivity index (χ4v) is 3.82. The maximum Gasteiger partial charge on any atom is 0.253 e. The highest BCUT2D eigenvalue weighted by molar-refractivity contribution is 5.96. The Morgan fingerprint density at radius 1 is 1.19 bits per heavy atom. The fraction of sp³-hybridized carbons (Fsp3) is 0.409. The predicted molar refractivity (Wildman–Crippen MR) is 105 cm³/mol. The first-order valence-electron chi connectivity index (χ1n) is 9.78. The van der Waals surface area contributed by atoms with E-state index in [2.05, 4.69) is 21.7 Å². The van der Waals surface area contributed by atoms with Crippen molar-refractivity contribution in [1.29, 1.82) is 5.26 Å². The molecule has 0 saturated heterocycles. The second kappa shape index (κ2) is 7.79. The molecule has 2 aliphatic rings. The monoisotopic (exact) mass is 360 g/mol. The zero-order valence-electron chi connectivity index (χ0n) is 15.4. The van der Waals surface area contributed by atoms with Gasteiger partial charge in [0.1, 0.15) is 5.82 Å². The molecule has 0 radical (unpaired) electrons. The van der Waals surface area contributed by atoms with E-state index in [-0.39, 0.29) is 5.91 Å². The van der Waals surface area contributed by atoms with Crippen molar-refractivity contribution >= 4 is 17.4 Å². The summed E-state index contributed by atoms with van der Waals surface area (Å²) in [6, 6.07) is 11.4. The highest BCUT2D eigenvalue weighted by Gasteiger charge is 2.29. The van der Waals surface area contributed by atoms with Crippen molar-refractivity contribution in [2.75, 3.05) is 11.9 Å². The molecule has 5 nitrogen and oxygen atoms in total. The summed E-state index contributed by atoms with van der Waals surface area (Å²) in [5.41, 5.74) is 3.20. The normalized spacial score (nSPS) is 16.7. The van der Waals surface area contributed by atoms with Gasteiger partial charge in [0.25, 0.3) is 5.91 Å². The third-order valence-corrected chi connectivity index (χ3v) is 5.49. The maximum atomic E-state index is 12.7. The fourth-order valence-electron chi connectivity index (χ4n) is 3.82. The van der Waals surface area contributed by atoms with E-state index in [1.54, 1.807) is 18.3 Å². The molecule has 0 aliphatic heterocycles. The third-order valence-electron chi connectivity index (χ3n) is 5.49. The Morgan fingerprint density at radius 2 is 2.00 bits per heavy atom. The van der Waals surface area contributed by atoms with Crippen molar-refractivity contribution in [2.45, 2.75) is 44.4 Å². The van der Waals surface area contributed by atoms with Crippen LogP contribution in [0.4, 0.5) is 11.5 Å². The molecule has 2 aromatic rings. The van der Waals surface area contributed by atoms with Gasteiger partial charge in [-0.1, -0.05) is 18.9 Å². The summed E-state index contributed by atoms with van der Waals surface area (Å²) in [6.45, 7) is 0.768. The molecular formula is C22H24N4O. The quantitative estimate of drug-likeness (QED) is 0.795. The Bertz CT molecular complexity index is 876. The average Bonchev–Trinajstić information content (AvgIpc) is 3.42. The topological polar surface area (TPSA) is 77.8 Å². The van der Waals surface area contributed by atoms with E-state index in [0.29, 0.717) is 28.8 Å². The number of amides is 1. The van der Waals surface area contributed by atoms with Gasteiger partial charge in [0.15, 0.2) is 0 Å². The van der Waals surface area contributed by atoms with Crippen molar-refractivity contribution in [3.05, 3.63) is 53.2 Å². The summed E-state index contributed by atoms with van der Waals surface area (Å²) in [5.74, 6) is 1.78. The molecule has 2 fully saturated rings. The minimum absolute atomic E-state index is 0.00525. The van der Waals surface area contributed by atoms with Crippen LogP contribution in [0, 0.1) is 17.2 Å². The first-order valence-corrected chi connectivity index (χ1v) is 9.78. The average molecular weight is 360 g/mol. The largest absolute Gasteiger partial charge is 0.352 e. The van der Waals surface area contributed by atoms with Gasteiger partial charge in [0, 0.05) is 18.4 Å². The number of anilines is 2.